The Morgan fingerprint density at radius 2 is 2.00 bits per heavy atom. The van der Waals surface area contributed by atoms with E-state index in [2.05, 4.69) is 10.3 Å². The smallest absolute Gasteiger partial charge is 0.272 e. The number of aromatic nitrogens is 1. The van der Waals surface area contributed by atoms with Crippen LogP contribution in [0.4, 0.5) is 5.69 Å². The van der Waals surface area contributed by atoms with Gasteiger partial charge in [0.2, 0.25) is 0 Å². The van der Waals surface area contributed by atoms with E-state index < -0.39 is 0 Å². The Labute approximate surface area is 109 Å². The summed E-state index contributed by atoms with van der Waals surface area (Å²) in [4.78, 5) is 14.6. The Balaban J connectivity index is 2.20. The normalized spacial score (nSPS) is 10.3. The van der Waals surface area contributed by atoms with Gasteiger partial charge in [-0.2, -0.15) is 0 Å². The largest absolute Gasteiger partial charge is 0.340 e. The Bertz CT molecular complexity index is 544. The van der Waals surface area contributed by atoms with Gasteiger partial charge in [-0.05, 0) is 24.6 Å². The summed E-state index contributed by atoms with van der Waals surface area (Å²) in [7, 11) is 0. The number of aryl methyl sites for hydroxylation is 1. The van der Waals surface area contributed by atoms with Crippen LogP contribution in [0, 0.1) is 6.92 Å². The first-order valence-electron chi connectivity index (χ1n) is 4.99. The fourth-order valence-corrected chi connectivity index (χ4v) is 1.74. The zero-order valence-corrected chi connectivity index (χ0v) is 10.6. The molecule has 0 saturated heterocycles. The molecule has 0 aliphatic carbocycles. The molecule has 0 fully saturated rings. The molecule has 3 nitrogen and oxygen atoms in total. The molecule has 17 heavy (non-hydrogen) atoms. The SMILES string of the molecule is Cc1ccccc1NC(=O)c1cc(Cl)c(Cl)[nH]1. The van der Waals surface area contributed by atoms with Gasteiger partial charge in [0.25, 0.3) is 5.91 Å². The van der Waals surface area contributed by atoms with Crippen LogP contribution in [0.3, 0.4) is 0 Å². The minimum absolute atomic E-state index is 0.265. The fraction of sp³-hybridized carbons (Fsp3) is 0.0833. The summed E-state index contributed by atoms with van der Waals surface area (Å²) in [6.45, 7) is 1.92. The average molecular weight is 269 g/mol. The number of carbonyl (C=O) groups excluding carboxylic acids is 1. The van der Waals surface area contributed by atoms with Gasteiger partial charge in [-0.3, -0.25) is 4.79 Å². The van der Waals surface area contributed by atoms with Gasteiger partial charge in [-0.25, -0.2) is 0 Å². The van der Waals surface area contributed by atoms with Crippen molar-refractivity contribution >= 4 is 34.8 Å². The van der Waals surface area contributed by atoms with Crippen molar-refractivity contribution in [3.63, 3.8) is 0 Å². The molecule has 1 aromatic heterocycles. The Kier molecular flexibility index (Phi) is 3.41. The maximum absolute atomic E-state index is 11.9. The number of amides is 1. The predicted octanol–water partition coefficient (Wildman–Crippen LogP) is 3.88. The topological polar surface area (TPSA) is 44.9 Å². The zero-order valence-electron chi connectivity index (χ0n) is 9.05. The molecule has 5 heteroatoms. The number of aromatic amines is 1. The second kappa shape index (κ2) is 4.82. The van der Waals surface area contributed by atoms with Crippen molar-refractivity contribution in [2.75, 3.05) is 5.32 Å². The second-order valence-electron chi connectivity index (χ2n) is 3.61. The summed E-state index contributed by atoms with van der Waals surface area (Å²) in [5.74, 6) is -0.270. The number of nitrogens with one attached hydrogen (secondary N) is 2. The van der Waals surface area contributed by atoms with Crippen LogP contribution in [0.15, 0.2) is 30.3 Å². The molecular weight excluding hydrogens is 259 g/mol. The summed E-state index contributed by atoms with van der Waals surface area (Å²) in [6, 6.07) is 9.02. The number of benzene rings is 1. The first-order valence-corrected chi connectivity index (χ1v) is 5.74. The molecule has 88 valence electrons. The van der Waals surface area contributed by atoms with E-state index >= 15 is 0 Å². The van der Waals surface area contributed by atoms with Gasteiger partial charge in [-0.15, -0.1) is 0 Å². The van der Waals surface area contributed by atoms with Gasteiger partial charge >= 0.3 is 0 Å². The van der Waals surface area contributed by atoms with Crippen LogP contribution in [0.5, 0.6) is 0 Å². The molecule has 0 spiro atoms. The van der Waals surface area contributed by atoms with Crippen LogP contribution in [-0.2, 0) is 0 Å². The third kappa shape index (κ3) is 2.62. The standard InChI is InChI=1S/C12H10Cl2N2O/c1-7-4-2-3-5-9(7)16-12(17)10-6-8(13)11(14)15-10/h2-6,15H,1H3,(H,16,17). The van der Waals surface area contributed by atoms with E-state index in [0.717, 1.165) is 11.3 Å². The van der Waals surface area contributed by atoms with E-state index in [0.29, 0.717) is 10.7 Å². The number of halogens is 2. The minimum atomic E-state index is -0.270. The summed E-state index contributed by atoms with van der Waals surface area (Å²) in [5, 5.41) is 3.38. The maximum Gasteiger partial charge on any atom is 0.272 e. The summed E-state index contributed by atoms with van der Waals surface area (Å²) in [5.41, 5.74) is 2.09. The maximum atomic E-state index is 11.9. The number of hydrogen-bond acceptors (Lipinski definition) is 1. The van der Waals surface area contributed by atoms with Crippen molar-refractivity contribution in [2.45, 2.75) is 6.92 Å². The third-order valence-corrected chi connectivity index (χ3v) is 3.06. The Hall–Kier alpha value is -1.45. The van der Waals surface area contributed by atoms with Crippen LogP contribution in [0.1, 0.15) is 16.1 Å². The molecule has 0 aliphatic rings. The molecule has 1 aromatic carbocycles. The van der Waals surface area contributed by atoms with Crippen molar-refractivity contribution in [3.8, 4) is 0 Å². The van der Waals surface area contributed by atoms with Gasteiger partial charge in [0, 0.05) is 5.69 Å². The predicted molar refractivity (Wildman–Crippen MR) is 69.9 cm³/mol. The highest BCUT2D eigenvalue weighted by molar-refractivity contribution is 6.41. The molecule has 0 unspecified atom stereocenters. The lowest BCUT2D eigenvalue weighted by Gasteiger charge is -2.06. The van der Waals surface area contributed by atoms with Gasteiger partial charge in [0.05, 0.1) is 5.02 Å². The van der Waals surface area contributed by atoms with E-state index in [-0.39, 0.29) is 11.1 Å². The lowest BCUT2D eigenvalue weighted by molar-refractivity contribution is 0.102. The number of para-hydroxylation sites is 1. The van der Waals surface area contributed by atoms with Gasteiger partial charge in [-0.1, -0.05) is 41.4 Å². The quantitative estimate of drug-likeness (QED) is 0.853. The number of H-pyrrole nitrogens is 1. The van der Waals surface area contributed by atoms with E-state index in [9.17, 15) is 4.79 Å². The lowest BCUT2D eigenvalue weighted by atomic mass is 10.2. The molecule has 0 bridgehead atoms. The first-order chi connectivity index (χ1) is 8.08. The monoisotopic (exact) mass is 268 g/mol. The van der Waals surface area contributed by atoms with E-state index in [1.54, 1.807) is 0 Å². The average Bonchev–Trinajstić information content (AvgIpc) is 2.63. The Morgan fingerprint density at radius 1 is 1.29 bits per heavy atom. The minimum Gasteiger partial charge on any atom is -0.340 e. The molecule has 2 rings (SSSR count). The summed E-state index contributed by atoms with van der Waals surface area (Å²) < 4.78 is 0. The van der Waals surface area contributed by atoms with Crippen molar-refractivity contribution in [3.05, 3.63) is 51.8 Å². The lowest BCUT2D eigenvalue weighted by Crippen LogP contribution is -2.12. The van der Waals surface area contributed by atoms with Crippen LogP contribution < -0.4 is 5.32 Å². The zero-order chi connectivity index (χ0) is 12.4. The van der Waals surface area contributed by atoms with Crippen molar-refractivity contribution in [1.82, 2.24) is 4.98 Å². The van der Waals surface area contributed by atoms with E-state index in [4.69, 9.17) is 23.2 Å². The Morgan fingerprint density at radius 3 is 2.59 bits per heavy atom. The summed E-state index contributed by atoms with van der Waals surface area (Å²) in [6.07, 6.45) is 0. The number of hydrogen-bond donors (Lipinski definition) is 2. The summed E-state index contributed by atoms with van der Waals surface area (Å²) >= 11 is 11.5. The first kappa shape index (κ1) is 12.0. The molecule has 0 aliphatic heterocycles. The highest BCUT2D eigenvalue weighted by Gasteiger charge is 2.12. The highest BCUT2D eigenvalue weighted by atomic mass is 35.5. The molecular formula is C12H10Cl2N2O. The highest BCUT2D eigenvalue weighted by Crippen LogP contribution is 2.22. The van der Waals surface area contributed by atoms with Crippen LogP contribution in [-0.4, -0.2) is 10.9 Å². The van der Waals surface area contributed by atoms with Crippen LogP contribution in [0.25, 0.3) is 0 Å². The van der Waals surface area contributed by atoms with Gasteiger partial charge in [0.15, 0.2) is 0 Å². The third-order valence-electron chi connectivity index (χ3n) is 2.36. The van der Waals surface area contributed by atoms with Gasteiger partial charge < -0.3 is 10.3 Å². The fourth-order valence-electron chi connectivity index (χ4n) is 1.43. The molecule has 1 amide bonds. The second-order valence-corrected chi connectivity index (χ2v) is 4.40. The van der Waals surface area contributed by atoms with Gasteiger partial charge in [0.1, 0.15) is 10.8 Å². The van der Waals surface area contributed by atoms with E-state index in [1.165, 1.54) is 6.07 Å². The van der Waals surface area contributed by atoms with Crippen molar-refractivity contribution in [2.24, 2.45) is 0 Å². The van der Waals surface area contributed by atoms with Crippen molar-refractivity contribution < 1.29 is 4.79 Å². The van der Waals surface area contributed by atoms with Crippen LogP contribution >= 0.6 is 23.2 Å². The van der Waals surface area contributed by atoms with E-state index in [1.807, 2.05) is 31.2 Å². The molecule has 0 radical (unpaired) electrons. The number of rotatable bonds is 2. The van der Waals surface area contributed by atoms with Crippen molar-refractivity contribution in [1.29, 1.82) is 0 Å². The number of carbonyl (C=O) groups is 1. The molecule has 2 aromatic rings. The number of anilines is 1. The molecule has 1 heterocycles. The van der Waals surface area contributed by atoms with Crippen LogP contribution in [0.2, 0.25) is 10.2 Å². The molecule has 0 atom stereocenters. The molecule has 2 N–H and O–H groups in total. The molecule has 0 saturated carbocycles.